The molecule has 1 aliphatic rings. The van der Waals surface area contributed by atoms with Crippen LogP contribution in [0.2, 0.25) is 0 Å². The van der Waals surface area contributed by atoms with Gasteiger partial charge >= 0.3 is 0 Å². The molecule has 0 aliphatic carbocycles. The van der Waals surface area contributed by atoms with Crippen LogP contribution in [0.1, 0.15) is 5.56 Å². The van der Waals surface area contributed by atoms with Crippen molar-refractivity contribution in [3.63, 3.8) is 0 Å². The summed E-state index contributed by atoms with van der Waals surface area (Å²) in [6, 6.07) is 8.42. The molecule has 1 heterocycles. The Labute approximate surface area is 106 Å². The Bertz CT molecular complexity index is 574. The van der Waals surface area contributed by atoms with Gasteiger partial charge in [-0.05, 0) is 24.3 Å². The van der Waals surface area contributed by atoms with E-state index >= 15 is 0 Å². The van der Waals surface area contributed by atoms with Crippen molar-refractivity contribution in [1.29, 1.82) is 5.26 Å². The first kappa shape index (κ1) is 12.9. The van der Waals surface area contributed by atoms with Gasteiger partial charge < -0.3 is 10.0 Å². The van der Waals surface area contributed by atoms with Gasteiger partial charge in [0.1, 0.15) is 0 Å². The lowest BCUT2D eigenvalue weighted by molar-refractivity contribution is 0.180. The van der Waals surface area contributed by atoms with Crippen molar-refractivity contribution in [1.82, 2.24) is 0 Å². The van der Waals surface area contributed by atoms with Gasteiger partial charge in [-0.1, -0.05) is 0 Å². The lowest BCUT2D eigenvalue weighted by Crippen LogP contribution is -2.40. The monoisotopic (exact) mass is 266 g/mol. The van der Waals surface area contributed by atoms with Crippen molar-refractivity contribution in [2.75, 3.05) is 23.5 Å². The molecule has 2 rings (SSSR count). The van der Waals surface area contributed by atoms with E-state index in [1.807, 2.05) is 6.07 Å². The minimum absolute atomic E-state index is 0.0370. The maximum Gasteiger partial charge on any atom is 0.155 e. The maximum absolute atomic E-state index is 11.5. The number of hydrogen-bond acceptors (Lipinski definition) is 5. The number of likely N-dealkylation sites (N-methyl/N-ethyl adjacent to an activating group) is 1. The lowest BCUT2D eigenvalue weighted by Gasteiger charge is -2.28. The van der Waals surface area contributed by atoms with Crippen LogP contribution in [-0.2, 0) is 9.84 Å². The molecule has 1 fully saturated rings. The fraction of sp³-hybridized carbons (Fsp3) is 0.417. The van der Waals surface area contributed by atoms with Crippen LogP contribution in [0, 0.1) is 11.3 Å². The number of benzene rings is 1. The van der Waals surface area contributed by atoms with Gasteiger partial charge in [-0.3, -0.25) is 0 Å². The molecular weight excluding hydrogens is 252 g/mol. The molecule has 0 aromatic heterocycles. The third kappa shape index (κ3) is 2.47. The lowest BCUT2D eigenvalue weighted by atomic mass is 10.1. The largest absolute Gasteiger partial charge is 0.390 e. The van der Waals surface area contributed by atoms with Gasteiger partial charge in [-0.15, -0.1) is 0 Å². The molecule has 0 spiro atoms. The average molecular weight is 266 g/mol. The van der Waals surface area contributed by atoms with Crippen molar-refractivity contribution in [3.8, 4) is 6.07 Å². The molecule has 1 aliphatic heterocycles. The van der Waals surface area contributed by atoms with Crippen molar-refractivity contribution >= 4 is 15.5 Å². The molecule has 2 atom stereocenters. The first-order valence-corrected chi connectivity index (χ1v) is 7.36. The molecule has 6 heteroatoms. The predicted octanol–water partition coefficient (Wildman–Crippen LogP) is 0.152. The second kappa shape index (κ2) is 4.59. The highest BCUT2D eigenvalue weighted by atomic mass is 32.2. The van der Waals surface area contributed by atoms with E-state index in [9.17, 15) is 13.5 Å². The third-order valence-electron chi connectivity index (χ3n) is 3.19. The second-order valence-electron chi connectivity index (χ2n) is 4.48. The van der Waals surface area contributed by atoms with Crippen molar-refractivity contribution in [2.24, 2.45) is 0 Å². The average Bonchev–Trinajstić information content (AvgIpc) is 2.62. The van der Waals surface area contributed by atoms with E-state index in [2.05, 4.69) is 0 Å². The molecule has 1 N–H and O–H groups in total. The van der Waals surface area contributed by atoms with E-state index in [1.54, 1.807) is 36.2 Å². The first-order valence-electron chi connectivity index (χ1n) is 5.54. The molecule has 0 radical (unpaired) electrons. The molecule has 2 unspecified atom stereocenters. The van der Waals surface area contributed by atoms with Crippen LogP contribution >= 0.6 is 0 Å². The fourth-order valence-electron chi connectivity index (χ4n) is 2.14. The second-order valence-corrected chi connectivity index (χ2v) is 6.63. The highest BCUT2D eigenvalue weighted by molar-refractivity contribution is 7.91. The van der Waals surface area contributed by atoms with Crippen LogP contribution in [0.4, 0.5) is 5.69 Å². The van der Waals surface area contributed by atoms with E-state index < -0.39 is 22.0 Å². The van der Waals surface area contributed by atoms with Crippen LogP contribution in [0.3, 0.4) is 0 Å². The maximum atomic E-state index is 11.5. The van der Waals surface area contributed by atoms with E-state index in [-0.39, 0.29) is 11.5 Å². The zero-order valence-electron chi connectivity index (χ0n) is 9.94. The van der Waals surface area contributed by atoms with Crippen LogP contribution in [-0.4, -0.2) is 44.2 Å². The fourth-order valence-corrected chi connectivity index (χ4v) is 3.99. The summed E-state index contributed by atoms with van der Waals surface area (Å²) in [6.07, 6.45) is -0.865. The molecule has 1 aromatic rings. The van der Waals surface area contributed by atoms with Gasteiger partial charge in [0.25, 0.3) is 0 Å². The summed E-state index contributed by atoms with van der Waals surface area (Å²) in [7, 11) is -1.41. The Morgan fingerprint density at radius 1 is 1.33 bits per heavy atom. The number of nitrogens with zero attached hydrogens (tertiary/aromatic N) is 2. The van der Waals surface area contributed by atoms with Crippen LogP contribution in [0.25, 0.3) is 0 Å². The normalized spacial score (nSPS) is 25.6. The molecule has 5 nitrogen and oxygen atoms in total. The third-order valence-corrected chi connectivity index (χ3v) is 4.89. The highest BCUT2D eigenvalue weighted by Crippen LogP contribution is 2.23. The molecular formula is C12H14N2O3S. The number of nitriles is 1. The Morgan fingerprint density at radius 3 is 2.39 bits per heavy atom. The Hall–Kier alpha value is -1.58. The van der Waals surface area contributed by atoms with Crippen LogP contribution in [0.15, 0.2) is 24.3 Å². The summed E-state index contributed by atoms with van der Waals surface area (Å²) in [4.78, 5) is 1.75. The van der Waals surface area contributed by atoms with Crippen molar-refractivity contribution < 1.29 is 13.5 Å². The highest BCUT2D eigenvalue weighted by Gasteiger charge is 2.38. The number of rotatable bonds is 2. The van der Waals surface area contributed by atoms with Gasteiger partial charge in [-0.2, -0.15) is 5.26 Å². The summed E-state index contributed by atoms with van der Waals surface area (Å²) in [5.41, 5.74) is 1.34. The Morgan fingerprint density at radius 2 is 1.94 bits per heavy atom. The number of anilines is 1. The molecule has 0 bridgehead atoms. The van der Waals surface area contributed by atoms with Crippen molar-refractivity contribution in [3.05, 3.63) is 29.8 Å². The van der Waals surface area contributed by atoms with Gasteiger partial charge in [0.15, 0.2) is 9.84 Å². The van der Waals surface area contributed by atoms with Crippen LogP contribution in [0.5, 0.6) is 0 Å². The minimum Gasteiger partial charge on any atom is -0.390 e. The number of aliphatic hydroxyl groups is 1. The number of aliphatic hydroxyl groups excluding tert-OH is 1. The summed E-state index contributed by atoms with van der Waals surface area (Å²) < 4.78 is 22.9. The Balaban J connectivity index is 2.21. The summed E-state index contributed by atoms with van der Waals surface area (Å²) in [5.74, 6) is -0.219. The summed E-state index contributed by atoms with van der Waals surface area (Å²) >= 11 is 0. The van der Waals surface area contributed by atoms with E-state index in [0.717, 1.165) is 5.69 Å². The van der Waals surface area contributed by atoms with Gasteiger partial charge in [0, 0.05) is 12.7 Å². The topological polar surface area (TPSA) is 81.4 Å². The van der Waals surface area contributed by atoms with Gasteiger partial charge in [0.05, 0.1) is 35.3 Å². The number of hydrogen-bond donors (Lipinski definition) is 1. The smallest absolute Gasteiger partial charge is 0.155 e. The summed E-state index contributed by atoms with van der Waals surface area (Å²) in [6.45, 7) is 0. The molecule has 18 heavy (non-hydrogen) atoms. The van der Waals surface area contributed by atoms with E-state index in [1.165, 1.54) is 0 Å². The summed E-state index contributed by atoms with van der Waals surface area (Å²) in [5, 5.41) is 18.5. The van der Waals surface area contributed by atoms with Gasteiger partial charge in [-0.25, -0.2) is 8.42 Å². The van der Waals surface area contributed by atoms with E-state index in [0.29, 0.717) is 5.56 Å². The molecule has 0 saturated carbocycles. The molecule has 0 amide bonds. The molecule has 1 aromatic carbocycles. The zero-order valence-corrected chi connectivity index (χ0v) is 10.8. The van der Waals surface area contributed by atoms with E-state index in [4.69, 9.17) is 5.26 Å². The van der Waals surface area contributed by atoms with Crippen molar-refractivity contribution in [2.45, 2.75) is 12.1 Å². The SMILES string of the molecule is CN(c1ccc(C#N)cc1)C1CS(=O)(=O)CC1O. The quantitative estimate of drug-likeness (QED) is 0.824. The molecule has 1 saturated heterocycles. The predicted molar refractivity (Wildman–Crippen MR) is 68.0 cm³/mol. The molecule has 96 valence electrons. The van der Waals surface area contributed by atoms with Crippen LogP contribution < -0.4 is 4.90 Å². The standard InChI is InChI=1S/C12H14N2O3S/c1-14(10-4-2-9(6-13)3-5-10)11-7-18(16,17)8-12(11)15/h2-5,11-12,15H,7-8H2,1H3. The Kier molecular flexibility index (Phi) is 3.28. The van der Waals surface area contributed by atoms with Gasteiger partial charge in [0.2, 0.25) is 0 Å². The first-order chi connectivity index (χ1) is 8.43. The minimum atomic E-state index is -3.15. The zero-order chi connectivity index (χ0) is 13.3. The number of sulfone groups is 1.